The van der Waals surface area contributed by atoms with Gasteiger partial charge in [0.2, 0.25) is 5.88 Å². The van der Waals surface area contributed by atoms with Crippen molar-refractivity contribution in [3.63, 3.8) is 0 Å². The fourth-order valence-corrected chi connectivity index (χ4v) is 15.2. The normalized spacial score (nSPS) is 11.7. The fraction of sp³-hybridized carbons (Fsp3) is 0.321. The molecule has 8 aromatic heterocycles. The number of fused-ring (bicyclic) bond motifs is 7. The van der Waals surface area contributed by atoms with Crippen molar-refractivity contribution in [1.29, 1.82) is 0 Å². The van der Waals surface area contributed by atoms with E-state index in [2.05, 4.69) is 340 Å². The molecule has 614 valence electrons. The number of nitrogens with zero attached hydrogens (tertiary/aromatic N) is 8. The first-order valence-corrected chi connectivity index (χ1v) is 42.7. The number of ether oxygens (including phenoxy) is 1. The second kappa shape index (κ2) is 41.8. The summed E-state index contributed by atoms with van der Waals surface area (Å²) in [5, 5.41) is 8.72. The van der Waals surface area contributed by atoms with Gasteiger partial charge in [0.15, 0.2) is 0 Å². The molecule has 1 saturated carbocycles. The van der Waals surface area contributed by atoms with Gasteiger partial charge in [0.1, 0.15) is 5.82 Å². The molecule has 1 aliphatic carbocycles. The highest BCUT2D eigenvalue weighted by atomic mass is 19.1. The molecule has 10 heteroatoms. The van der Waals surface area contributed by atoms with E-state index in [9.17, 15) is 4.39 Å². The van der Waals surface area contributed by atoms with Crippen LogP contribution in [0.4, 0.5) is 4.39 Å². The highest BCUT2D eigenvalue weighted by Crippen LogP contribution is 2.42. The minimum absolute atomic E-state index is 0.227. The molecule has 8 aromatic carbocycles. The molecule has 1 fully saturated rings. The first-order chi connectivity index (χ1) is 56.9. The summed E-state index contributed by atoms with van der Waals surface area (Å²) in [7, 11) is 1.65. The van der Waals surface area contributed by atoms with E-state index >= 15 is 0 Å². The van der Waals surface area contributed by atoms with E-state index in [-0.39, 0.29) is 5.82 Å². The van der Waals surface area contributed by atoms with Crippen molar-refractivity contribution in [2.75, 3.05) is 7.11 Å². The minimum Gasteiger partial charge on any atom is -0.481 e. The molecular weight excluding hydrogens is 1460 g/mol. The zero-order valence-electron chi connectivity index (χ0n) is 75.1. The van der Waals surface area contributed by atoms with Gasteiger partial charge in [-0.1, -0.05) is 225 Å². The molecule has 8 heterocycles. The van der Waals surface area contributed by atoms with Crippen LogP contribution in [0.25, 0.3) is 87.6 Å². The summed E-state index contributed by atoms with van der Waals surface area (Å²) in [5.41, 5.74) is 30.3. The molecule has 0 bridgehead atoms. The number of para-hydroxylation sites is 4. The molecular formula is C109H125FN8O. The lowest BCUT2D eigenvalue weighted by atomic mass is 9.95. The summed E-state index contributed by atoms with van der Waals surface area (Å²) >= 11 is 0. The third-order valence-corrected chi connectivity index (χ3v) is 21.9. The first-order valence-electron chi connectivity index (χ1n) is 42.7. The number of methoxy groups -OCH3 is 1. The van der Waals surface area contributed by atoms with Gasteiger partial charge in [-0.05, 0) is 273 Å². The maximum Gasteiger partial charge on any atom is 0.213 e. The molecule has 17 rings (SSSR count). The molecule has 0 atom stereocenters. The van der Waals surface area contributed by atoms with Crippen molar-refractivity contribution in [2.24, 2.45) is 0 Å². The van der Waals surface area contributed by atoms with Gasteiger partial charge in [-0.2, -0.15) is 0 Å². The lowest BCUT2D eigenvalue weighted by Gasteiger charge is -2.12. The van der Waals surface area contributed by atoms with Gasteiger partial charge in [-0.3, -0.25) is 29.9 Å². The maximum absolute atomic E-state index is 13.1. The molecule has 0 saturated heterocycles. The third kappa shape index (κ3) is 23.9. The molecule has 0 unspecified atom stereocenters. The van der Waals surface area contributed by atoms with Crippen molar-refractivity contribution in [3.8, 4) is 17.1 Å². The number of hydrogen-bond acceptors (Lipinski definition) is 9. The molecule has 0 amide bonds. The summed E-state index contributed by atoms with van der Waals surface area (Å²) in [4.78, 5) is 35.8. The zero-order chi connectivity index (χ0) is 85.9. The van der Waals surface area contributed by atoms with Crippen LogP contribution in [-0.2, 0) is 0 Å². The van der Waals surface area contributed by atoms with Crippen LogP contribution < -0.4 is 4.74 Å². The van der Waals surface area contributed by atoms with Gasteiger partial charge in [0.25, 0.3) is 0 Å². The molecule has 0 radical (unpaired) electrons. The van der Waals surface area contributed by atoms with E-state index in [1.807, 2.05) is 67.7 Å². The Kier molecular flexibility index (Phi) is 31.5. The Labute approximate surface area is 709 Å². The highest BCUT2D eigenvalue weighted by Gasteiger charge is 2.26. The van der Waals surface area contributed by atoms with E-state index in [4.69, 9.17) is 14.7 Å². The number of hydrogen-bond donors (Lipinski definition) is 0. The van der Waals surface area contributed by atoms with Crippen LogP contribution in [0.2, 0.25) is 0 Å². The van der Waals surface area contributed by atoms with Gasteiger partial charge < -0.3 is 4.74 Å². The number of halogens is 1. The smallest absolute Gasteiger partial charge is 0.213 e. The molecule has 9 nitrogen and oxygen atoms in total. The molecule has 0 aliphatic heterocycles. The van der Waals surface area contributed by atoms with E-state index in [1.165, 1.54) is 130 Å². The summed E-state index contributed by atoms with van der Waals surface area (Å²) in [6.45, 7) is 50.1. The molecule has 0 spiro atoms. The quantitative estimate of drug-likeness (QED) is 0.125. The number of aromatic nitrogens is 8. The van der Waals surface area contributed by atoms with Crippen LogP contribution in [-0.4, -0.2) is 47.0 Å². The predicted molar refractivity (Wildman–Crippen MR) is 506 cm³/mol. The fourth-order valence-electron chi connectivity index (χ4n) is 15.2. The van der Waals surface area contributed by atoms with Crippen LogP contribution in [0, 0.1) is 54.3 Å². The SMILES string of the molecule is CC(C)c1cc(-c2ccncc2)nc2ccccc12.CC(C)c1cc(C2CC2)nc2ccccc12.COc1cc(C(C)C)c2ccccc2n1.Cc1cc(C(C)C)c2ccc(F)cc2n1.Cc1cc(C(C)C)c2ccccc2n1.Cc1ccc2nc(C)cc(C(C)C)c2c1.Cc1ccc2nccc(C(C)C)c2c1.Cc1cccc(C(C)C)c1C. The van der Waals surface area contributed by atoms with Crippen LogP contribution in [0.3, 0.4) is 0 Å². The standard InChI is InChI=1S/C17H16N2.C15H17N.C14H17N.C13H14FN.C13H15NO.2C13H15N.C11H16/c1-12(2)15-11-17(13-7-9-18-10-8-13)19-16-6-4-3-5-14(15)16;1-10(2)13-9-15(11-7-8-11)16-14-6-4-3-5-12(13)14;1-9(2)12-8-11(4)15-14-6-5-10(3)7-13(12)14;1-8(2)12-6-9(3)15-13-7-10(14)4-5-11(12)13;1-9(2)11-8-13(15-3)14-12-7-5-4-6-10(11)12;1-9(2)11-6-7-14-13-5-4-10(3)8-12(11)13;1-9(2)12-8-10(3)14-13-7-5-4-6-11(12)13;1-8(2)11-7-5-6-9(3)10(11)4/h3-12H,1-2H3;3-6,9-11H,7-8H2,1-2H3;5-9H,1-4H3;4-8H,1-3H3;4-9H,1-3H3;2*4-9H,1-3H3;5-8H,1-4H3. The van der Waals surface area contributed by atoms with E-state index in [0.29, 0.717) is 53.2 Å². The van der Waals surface area contributed by atoms with Gasteiger partial charge >= 0.3 is 0 Å². The van der Waals surface area contributed by atoms with Crippen molar-refractivity contribution in [2.45, 2.75) is 225 Å². The Morgan fingerprint density at radius 3 is 1.17 bits per heavy atom. The summed E-state index contributed by atoms with van der Waals surface area (Å²) in [6.07, 6.45) is 8.15. The predicted octanol–water partition coefficient (Wildman–Crippen LogP) is 30.6. The number of aryl methyl sites for hydroxylation is 6. The van der Waals surface area contributed by atoms with Crippen molar-refractivity contribution in [1.82, 2.24) is 39.9 Å². The average Bonchev–Trinajstić information content (AvgIpc) is 1.60. The topological polar surface area (TPSA) is 112 Å². The summed E-state index contributed by atoms with van der Waals surface area (Å²) in [6, 6.07) is 76.7. The van der Waals surface area contributed by atoms with Gasteiger partial charge in [0, 0.05) is 103 Å². The Bertz CT molecular complexity index is 6070. The highest BCUT2D eigenvalue weighted by molar-refractivity contribution is 5.89. The van der Waals surface area contributed by atoms with Crippen LogP contribution >= 0.6 is 0 Å². The monoisotopic (exact) mass is 1580 g/mol. The number of pyridine rings is 8. The Hall–Kier alpha value is -11.5. The maximum atomic E-state index is 13.1. The Balaban J connectivity index is 0.000000144. The largest absolute Gasteiger partial charge is 0.481 e. The lowest BCUT2D eigenvalue weighted by Crippen LogP contribution is -1.96. The lowest BCUT2D eigenvalue weighted by molar-refractivity contribution is 0.399. The van der Waals surface area contributed by atoms with Crippen molar-refractivity contribution < 1.29 is 9.13 Å². The van der Waals surface area contributed by atoms with Crippen LogP contribution in [0.5, 0.6) is 5.88 Å². The van der Waals surface area contributed by atoms with Gasteiger partial charge in [-0.15, -0.1) is 0 Å². The summed E-state index contributed by atoms with van der Waals surface area (Å²) in [5.74, 6) is 5.48. The molecule has 119 heavy (non-hydrogen) atoms. The molecule has 1 aliphatic rings. The van der Waals surface area contributed by atoms with Gasteiger partial charge in [-0.25, -0.2) is 14.4 Å². The Morgan fingerprint density at radius 2 is 0.697 bits per heavy atom. The second-order valence-corrected chi connectivity index (χ2v) is 34.3. The van der Waals surface area contributed by atoms with Crippen molar-refractivity contribution >= 4 is 76.3 Å². The molecule has 0 N–H and O–H groups in total. The first kappa shape index (κ1) is 89.8. The third-order valence-electron chi connectivity index (χ3n) is 21.9. The van der Waals surface area contributed by atoms with E-state index < -0.39 is 0 Å². The average molecular weight is 1580 g/mol. The Morgan fingerprint density at radius 1 is 0.303 bits per heavy atom. The number of rotatable bonds is 11. The van der Waals surface area contributed by atoms with Gasteiger partial charge in [0.05, 0.1) is 51.4 Å². The van der Waals surface area contributed by atoms with E-state index in [1.54, 1.807) is 19.5 Å². The molecule has 16 aromatic rings. The van der Waals surface area contributed by atoms with Crippen molar-refractivity contribution in [3.05, 3.63) is 338 Å². The van der Waals surface area contributed by atoms with E-state index in [0.717, 1.165) is 78.3 Å². The minimum atomic E-state index is -0.227. The second-order valence-electron chi connectivity index (χ2n) is 34.3. The summed E-state index contributed by atoms with van der Waals surface area (Å²) < 4.78 is 18.3. The van der Waals surface area contributed by atoms with Crippen LogP contribution in [0.1, 0.15) is 266 Å². The van der Waals surface area contributed by atoms with Crippen LogP contribution in [0.15, 0.2) is 243 Å². The zero-order valence-corrected chi connectivity index (χ0v) is 75.1. The number of benzene rings is 8.